The zero-order valence-electron chi connectivity index (χ0n) is 16.7. The van der Waals surface area contributed by atoms with Crippen molar-refractivity contribution < 1.29 is 4.42 Å². The summed E-state index contributed by atoms with van der Waals surface area (Å²) in [7, 11) is 0. The van der Waals surface area contributed by atoms with E-state index in [1.807, 2.05) is 48.5 Å². The minimum Gasteiger partial charge on any atom is -0.423 e. The molecule has 0 spiro atoms. The number of anilines is 1. The fraction of sp³-hybridized carbons (Fsp3) is 0.364. The molecule has 1 atom stereocenters. The molecular weight excluding hydrogens is 390 g/mol. The summed E-state index contributed by atoms with van der Waals surface area (Å²) in [6.45, 7) is 9.06. The molecule has 1 heterocycles. The van der Waals surface area contributed by atoms with Crippen LogP contribution in [0.4, 0.5) is 6.01 Å². The second-order valence-corrected chi connectivity index (χ2v) is 8.76. The Hall–Kier alpha value is -2.11. The van der Waals surface area contributed by atoms with Crippen molar-refractivity contribution in [3.05, 3.63) is 59.1 Å². The Labute approximate surface area is 176 Å². The van der Waals surface area contributed by atoms with Crippen LogP contribution in [0.25, 0.3) is 11.1 Å². The van der Waals surface area contributed by atoms with Crippen molar-refractivity contribution in [2.24, 2.45) is 0 Å². The van der Waals surface area contributed by atoms with Gasteiger partial charge in [-0.2, -0.15) is 4.98 Å². The van der Waals surface area contributed by atoms with Crippen molar-refractivity contribution in [1.29, 1.82) is 0 Å². The van der Waals surface area contributed by atoms with E-state index in [-0.39, 0.29) is 11.6 Å². The molecule has 4 nitrogen and oxygen atoms in total. The summed E-state index contributed by atoms with van der Waals surface area (Å²) in [5.74, 6) is 0. The lowest BCUT2D eigenvalue weighted by Gasteiger charge is -2.34. The molecule has 0 saturated carbocycles. The lowest BCUT2D eigenvalue weighted by molar-refractivity contribution is 0.492. The van der Waals surface area contributed by atoms with Gasteiger partial charge in [-0.1, -0.05) is 55.0 Å². The van der Waals surface area contributed by atoms with Crippen LogP contribution in [0.1, 0.15) is 39.7 Å². The SMILES string of the molecule is CCC(C(=S)NC(C)(C)C)N(Cc1ccc(Cl)cc1)c1nc2ccccc2o1. The third kappa shape index (κ3) is 5.03. The van der Waals surface area contributed by atoms with Crippen LogP contribution in [-0.2, 0) is 6.54 Å². The van der Waals surface area contributed by atoms with Gasteiger partial charge in [0.05, 0.1) is 11.0 Å². The van der Waals surface area contributed by atoms with Crippen molar-refractivity contribution >= 4 is 45.9 Å². The Morgan fingerprint density at radius 2 is 1.86 bits per heavy atom. The first-order valence-electron chi connectivity index (χ1n) is 9.45. The maximum atomic E-state index is 6.09. The number of nitrogens with one attached hydrogen (secondary N) is 1. The summed E-state index contributed by atoms with van der Waals surface area (Å²) < 4.78 is 6.09. The maximum absolute atomic E-state index is 6.09. The standard InChI is InChI=1S/C22H26ClN3OS/c1-5-18(20(28)25-22(2,3)4)26(14-15-10-12-16(23)13-11-15)21-24-17-8-6-7-9-19(17)27-21/h6-13,18H,5,14H2,1-4H3,(H,25,28). The van der Waals surface area contributed by atoms with Gasteiger partial charge < -0.3 is 14.6 Å². The van der Waals surface area contributed by atoms with E-state index in [1.54, 1.807) is 0 Å². The second kappa shape index (κ2) is 8.50. The zero-order valence-corrected chi connectivity index (χ0v) is 18.3. The van der Waals surface area contributed by atoms with Crippen molar-refractivity contribution in [1.82, 2.24) is 10.3 Å². The number of aromatic nitrogens is 1. The molecular formula is C22H26ClN3OS. The van der Waals surface area contributed by atoms with Crippen molar-refractivity contribution in [2.45, 2.75) is 52.2 Å². The number of oxazole rings is 1. The van der Waals surface area contributed by atoms with E-state index in [0.717, 1.165) is 28.1 Å². The highest BCUT2D eigenvalue weighted by molar-refractivity contribution is 7.80. The summed E-state index contributed by atoms with van der Waals surface area (Å²) in [6.07, 6.45) is 0.828. The Balaban J connectivity index is 1.99. The van der Waals surface area contributed by atoms with Crippen LogP contribution in [0.3, 0.4) is 0 Å². The highest BCUT2D eigenvalue weighted by Crippen LogP contribution is 2.27. The predicted octanol–water partition coefficient (Wildman–Crippen LogP) is 5.98. The molecule has 0 amide bonds. The summed E-state index contributed by atoms with van der Waals surface area (Å²) in [5.41, 5.74) is 2.60. The lowest BCUT2D eigenvalue weighted by atomic mass is 10.1. The minimum absolute atomic E-state index is 0.0436. The number of nitrogens with zero attached hydrogens (tertiary/aromatic N) is 2. The van der Waals surface area contributed by atoms with E-state index in [4.69, 9.17) is 33.2 Å². The van der Waals surface area contributed by atoms with E-state index >= 15 is 0 Å². The lowest BCUT2D eigenvalue weighted by Crippen LogP contribution is -2.51. The number of rotatable bonds is 6. The zero-order chi connectivity index (χ0) is 20.3. The van der Waals surface area contributed by atoms with Crippen LogP contribution in [-0.4, -0.2) is 21.6 Å². The highest BCUT2D eigenvalue weighted by Gasteiger charge is 2.28. The molecule has 2 aromatic carbocycles. The van der Waals surface area contributed by atoms with E-state index in [1.165, 1.54) is 0 Å². The topological polar surface area (TPSA) is 41.3 Å². The van der Waals surface area contributed by atoms with Gasteiger partial charge in [-0.25, -0.2) is 0 Å². The van der Waals surface area contributed by atoms with Gasteiger partial charge in [0, 0.05) is 17.1 Å². The number of halogens is 1. The molecule has 0 aliphatic rings. The third-order valence-electron chi connectivity index (χ3n) is 4.36. The van der Waals surface area contributed by atoms with Gasteiger partial charge in [0.1, 0.15) is 5.52 Å². The molecule has 0 radical (unpaired) electrons. The molecule has 0 aliphatic carbocycles. The average molecular weight is 416 g/mol. The first-order chi connectivity index (χ1) is 13.3. The van der Waals surface area contributed by atoms with Crippen molar-refractivity contribution in [2.75, 3.05) is 4.90 Å². The van der Waals surface area contributed by atoms with Gasteiger partial charge in [0.2, 0.25) is 0 Å². The summed E-state index contributed by atoms with van der Waals surface area (Å²) in [6, 6.07) is 16.1. The Kier molecular flexibility index (Phi) is 6.26. The van der Waals surface area contributed by atoms with Gasteiger partial charge in [0.25, 0.3) is 6.01 Å². The fourth-order valence-electron chi connectivity index (χ4n) is 3.08. The van der Waals surface area contributed by atoms with E-state index in [2.05, 4.69) is 37.9 Å². The van der Waals surface area contributed by atoms with Gasteiger partial charge >= 0.3 is 0 Å². The highest BCUT2D eigenvalue weighted by atomic mass is 35.5. The van der Waals surface area contributed by atoms with Gasteiger partial charge in [0.15, 0.2) is 5.58 Å². The van der Waals surface area contributed by atoms with Gasteiger partial charge in [-0.3, -0.25) is 0 Å². The predicted molar refractivity (Wildman–Crippen MR) is 121 cm³/mol. The number of fused-ring (bicyclic) bond motifs is 1. The molecule has 6 heteroatoms. The van der Waals surface area contributed by atoms with E-state index in [9.17, 15) is 0 Å². The molecule has 1 N–H and O–H groups in total. The Morgan fingerprint density at radius 1 is 1.18 bits per heavy atom. The van der Waals surface area contributed by atoms with Crippen molar-refractivity contribution in [3.8, 4) is 0 Å². The second-order valence-electron chi connectivity index (χ2n) is 7.88. The smallest absolute Gasteiger partial charge is 0.299 e. The largest absolute Gasteiger partial charge is 0.423 e. The first kappa shape index (κ1) is 20.6. The van der Waals surface area contributed by atoms with Gasteiger partial charge in [-0.05, 0) is 57.0 Å². The van der Waals surface area contributed by atoms with Crippen LogP contribution < -0.4 is 10.2 Å². The maximum Gasteiger partial charge on any atom is 0.299 e. The summed E-state index contributed by atoms with van der Waals surface area (Å²) in [4.78, 5) is 7.63. The average Bonchev–Trinajstić information content (AvgIpc) is 3.05. The quantitative estimate of drug-likeness (QED) is 0.501. The number of thiocarbonyl (C=S) groups is 1. The number of benzene rings is 2. The molecule has 0 aliphatic heterocycles. The Morgan fingerprint density at radius 3 is 2.46 bits per heavy atom. The van der Waals surface area contributed by atoms with Crippen LogP contribution >= 0.6 is 23.8 Å². The molecule has 3 aromatic rings. The van der Waals surface area contributed by atoms with Crippen LogP contribution in [0.2, 0.25) is 5.02 Å². The number of hydrogen-bond donors (Lipinski definition) is 1. The molecule has 1 aromatic heterocycles. The van der Waals surface area contributed by atoms with Crippen LogP contribution in [0.5, 0.6) is 0 Å². The molecule has 0 bridgehead atoms. The van der Waals surface area contributed by atoms with Crippen LogP contribution in [0.15, 0.2) is 52.9 Å². The van der Waals surface area contributed by atoms with Crippen molar-refractivity contribution in [3.63, 3.8) is 0 Å². The van der Waals surface area contributed by atoms with Crippen LogP contribution in [0, 0.1) is 0 Å². The fourth-order valence-corrected chi connectivity index (χ4v) is 3.81. The van der Waals surface area contributed by atoms with Gasteiger partial charge in [-0.15, -0.1) is 0 Å². The summed E-state index contributed by atoms with van der Waals surface area (Å²) >= 11 is 11.8. The summed E-state index contributed by atoms with van der Waals surface area (Å²) in [5, 5.41) is 4.17. The first-order valence-corrected chi connectivity index (χ1v) is 10.2. The molecule has 3 rings (SSSR count). The molecule has 1 unspecified atom stereocenters. The minimum atomic E-state index is -0.113. The van der Waals surface area contributed by atoms with E-state index in [0.29, 0.717) is 17.6 Å². The molecule has 28 heavy (non-hydrogen) atoms. The van der Waals surface area contributed by atoms with E-state index < -0.39 is 0 Å². The number of para-hydroxylation sites is 2. The normalized spacial score (nSPS) is 12.8. The third-order valence-corrected chi connectivity index (χ3v) is 4.98. The molecule has 148 valence electrons. The number of hydrogen-bond acceptors (Lipinski definition) is 4. The molecule has 0 saturated heterocycles. The molecule has 0 fully saturated rings. The monoisotopic (exact) mass is 415 g/mol. The Bertz CT molecular complexity index is 913.